The molecule has 0 saturated carbocycles. The lowest BCUT2D eigenvalue weighted by Crippen LogP contribution is -2.31. The quantitative estimate of drug-likeness (QED) is 0.507. The number of nitrogens with one attached hydrogen (secondary N) is 1. The van der Waals surface area contributed by atoms with Crippen molar-refractivity contribution in [3.05, 3.63) is 81.9 Å². The molecule has 1 atom stereocenters. The molecule has 1 aliphatic rings. The van der Waals surface area contributed by atoms with Gasteiger partial charge in [-0.05, 0) is 31.5 Å². The lowest BCUT2D eigenvalue weighted by atomic mass is 10.0. The molecule has 5 rings (SSSR count). The number of carbonyl (C=O) groups excluding carboxylic acids is 1. The van der Waals surface area contributed by atoms with E-state index in [9.17, 15) is 4.79 Å². The number of hydrogen-bond acceptors (Lipinski definition) is 4. The summed E-state index contributed by atoms with van der Waals surface area (Å²) in [6.45, 7) is 5.39. The number of amides is 1. The molecule has 5 nitrogen and oxygen atoms in total. The maximum Gasteiger partial charge on any atom is 0.261 e. The van der Waals surface area contributed by atoms with Crippen molar-refractivity contribution < 1.29 is 9.53 Å². The van der Waals surface area contributed by atoms with E-state index < -0.39 is 0 Å². The van der Waals surface area contributed by atoms with Gasteiger partial charge in [0.1, 0.15) is 10.6 Å². The van der Waals surface area contributed by atoms with Gasteiger partial charge in [0.25, 0.3) is 5.91 Å². The summed E-state index contributed by atoms with van der Waals surface area (Å²) in [5, 5.41) is 8.94. The van der Waals surface area contributed by atoms with Gasteiger partial charge in [0.2, 0.25) is 0 Å². The number of carbonyl (C=O) groups is 1. The largest absolute Gasteiger partial charge is 0.493 e. The number of fused-ring (bicyclic) bond motifs is 2. The van der Waals surface area contributed by atoms with Crippen molar-refractivity contribution in [1.82, 2.24) is 15.1 Å². The predicted octanol–water partition coefficient (Wildman–Crippen LogP) is 5.02. The fraction of sp³-hybridized carbons (Fsp3) is 0.250. The Kier molecular flexibility index (Phi) is 4.79. The zero-order chi connectivity index (χ0) is 20.7. The van der Waals surface area contributed by atoms with E-state index in [1.165, 1.54) is 22.5 Å². The Balaban J connectivity index is 1.40. The second kappa shape index (κ2) is 7.61. The summed E-state index contributed by atoms with van der Waals surface area (Å²) in [6, 6.07) is 18.3. The second-order valence-corrected chi connectivity index (χ2v) is 8.79. The van der Waals surface area contributed by atoms with E-state index in [4.69, 9.17) is 9.84 Å². The standard InChI is InChI=1S/C24H23N3O2S/c1-15-7-9-17(10-8-15)14-27-24-19(16(2)26-27)13-22(30-24)23(28)25-20-11-12-29-21-6-4-3-5-18(20)21/h3-10,13,20H,11-12,14H2,1-2H3,(H,25,28)/t20-/m1/s1. The summed E-state index contributed by atoms with van der Waals surface area (Å²) in [5.41, 5.74) is 4.43. The molecule has 0 spiro atoms. The van der Waals surface area contributed by atoms with Gasteiger partial charge in [-0.2, -0.15) is 5.10 Å². The van der Waals surface area contributed by atoms with Gasteiger partial charge < -0.3 is 10.1 Å². The summed E-state index contributed by atoms with van der Waals surface area (Å²) in [6.07, 6.45) is 0.772. The number of thiophene rings is 1. The summed E-state index contributed by atoms with van der Waals surface area (Å²) in [4.78, 5) is 14.8. The Labute approximate surface area is 179 Å². The van der Waals surface area contributed by atoms with Gasteiger partial charge in [-0.25, -0.2) is 0 Å². The van der Waals surface area contributed by atoms with Gasteiger partial charge in [0.05, 0.1) is 29.8 Å². The highest BCUT2D eigenvalue weighted by Crippen LogP contribution is 2.33. The van der Waals surface area contributed by atoms with Crippen LogP contribution in [-0.4, -0.2) is 22.3 Å². The highest BCUT2D eigenvalue weighted by atomic mass is 32.1. The molecule has 6 heteroatoms. The summed E-state index contributed by atoms with van der Waals surface area (Å²) in [7, 11) is 0. The Morgan fingerprint density at radius 1 is 1.20 bits per heavy atom. The first kappa shape index (κ1) is 18.9. The highest BCUT2D eigenvalue weighted by molar-refractivity contribution is 7.20. The molecule has 3 heterocycles. The van der Waals surface area contributed by atoms with Gasteiger partial charge in [0.15, 0.2) is 0 Å². The van der Waals surface area contributed by atoms with Crippen LogP contribution in [0.3, 0.4) is 0 Å². The SMILES string of the molecule is Cc1ccc(Cn2nc(C)c3cc(C(=O)N[C@@H]4CCOc5ccccc54)sc32)cc1. The fourth-order valence-corrected chi connectivity index (χ4v) is 4.98. The summed E-state index contributed by atoms with van der Waals surface area (Å²) >= 11 is 1.50. The van der Waals surface area contributed by atoms with E-state index in [0.717, 1.165) is 33.6 Å². The average molecular weight is 418 g/mol. The minimum absolute atomic E-state index is 0.0298. The first-order valence-electron chi connectivity index (χ1n) is 10.1. The van der Waals surface area contributed by atoms with Crippen molar-refractivity contribution in [3.63, 3.8) is 0 Å². The van der Waals surface area contributed by atoms with E-state index >= 15 is 0 Å². The molecule has 1 aliphatic heterocycles. The van der Waals surface area contributed by atoms with Crippen molar-refractivity contribution in [2.75, 3.05) is 6.61 Å². The van der Waals surface area contributed by atoms with Gasteiger partial charge >= 0.3 is 0 Å². The Hall–Kier alpha value is -3.12. The van der Waals surface area contributed by atoms with E-state index in [1.807, 2.05) is 41.9 Å². The number of aryl methyl sites for hydroxylation is 2. The summed E-state index contributed by atoms with van der Waals surface area (Å²) in [5.74, 6) is 0.814. The molecule has 0 unspecified atom stereocenters. The number of para-hydroxylation sites is 1. The predicted molar refractivity (Wildman–Crippen MR) is 119 cm³/mol. The smallest absolute Gasteiger partial charge is 0.261 e. The van der Waals surface area contributed by atoms with Crippen molar-refractivity contribution in [2.45, 2.75) is 32.9 Å². The summed E-state index contributed by atoms with van der Waals surface area (Å²) < 4.78 is 7.71. The highest BCUT2D eigenvalue weighted by Gasteiger charge is 2.24. The molecule has 0 saturated heterocycles. The fourth-order valence-electron chi connectivity index (χ4n) is 3.92. The molecule has 0 aliphatic carbocycles. The van der Waals surface area contributed by atoms with Gasteiger partial charge in [-0.15, -0.1) is 11.3 Å². The zero-order valence-corrected chi connectivity index (χ0v) is 17.8. The second-order valence-electron chi connectivity index (χ2n) is 7.76. The third kappa shape index (κ3) is 3.48. The zero-order valence-electron chi connectivity index (χ0n) is 17.0. The number of hydrogen-bond donors (Lipinski definition) is 1. The number of nitrogens with zero attached hydrogens (tertiary/aromatic N) is 2. The molecule has 0 fully saturated rings. The van der Waals surface area contributed by atoms with Crippen LogP contribution in [-0.2, 0) is 6.54 Å². The van der Waals surface area contributed by atoms with Crippen LogP contribution in [0.4, 0.5) is 0 Å². The maximum absolute atomic E-state index is 13.0. The topological polar surface area (TPSA) is 56.2 Å². The molecule has 2 aromatic carbocycles. The molecule has 1 N–H and O–H groups in total. The van der Waals surface area contributed by atoms with Gasteiger partial charge in [0, 0.05) is 17.4 Å². The van der Waals surface area contributed by atoms with E-state index in [1.54, 1.807) is 0 Å². The van der Waals surface area contributed by atoms with Gasteiger partial charge in [-0.1, -0.05) is 48.0 Å². The van der Waals surface area contributed by atoms with E-state index in [2.05, 4.69) is 36.5 Å². The molecule has 0 bridgehead atoms. The Bertz CT molecular complexity index is 1220. The minimum atomic E-state index is -0.0424. The molecular weight excluding hydrogens is 394 g/mol. The first-order valence-corrected chi connectivity index (χ1v) is 11.0. The molecule has 30 heavy (non-hydrogen) atoms. The van der Waals surface area contributed by atoms with Crippen LogP contribution < -0.4 is 10.1 Å². The molecule has 152 valence electrons. The van der Waals surface area contributed by atoms with Crippen LogP contribution in [0.2, 0.25) is 0 Å². The molecule has 4 aromatic rings. The third-order valence-corrected chi connectivity index (χ3v) is 6.70. The van der Waals surface area contributed by atoms with Crippen molar-refractivity contribution >= 4 is 27.5 Å². The average Bonchev–Trinajstić information content (AvgIpc) is 3.31. The van der Waals surface area contributed by atoms with Crippen molar-refractivity contribution in [1.29, 1.82) is 0 Å². The van der Waals surface area contributed by atoms with E-state index in [-0.39, 0.29) is 11.9 Å². The van der Waals surface area contributed by atoms with Crippen LogP contribution in [0.1, 0.15) is 44.5 Å². The Morgan fingerprint density at radius 2 is 2.00 bits per heavy atom. The number of ether oxygens (including phenoxy) is 1. The number of benzene rings is 2. The van der Waals surface area contributed by atoms with Crippen LogP contribution in [0.5, 0.6) is 5.75 Å². The van der Waals surface area contributed by atoms with Crippen molar-refractivity contribution in [2.24, 2.45) is 0 Å². The minimum Gasteiger partial charge on any atom is -0.493 e. The lowest BCUT2D eigenvalue weighted by Gasteiger charge is -2.26. The van der Waals surface area contributed by atoms with Crippen LogP contribution in [0.15, 0.2) is 54.6 Å². The van der Waals surface area contributed by atoms with Gasteiger partial charge in [-0.3, -0.25) is 9.48 Å². The van der Waals surface area contributed by atoms with Crippen LogP contribution in [0.25, 0.3) is 10.2 Å². The molecule has 1 amide bonds. The van der Waals surface area contributed by atoms with E-state index in [0.29, 0.717) is 18.0 Å². The van der Waals surface area contributed by atoms with Crippen LogP contribution >= 0.6 is 11.3 Å². The lowest BCUT2D eigenvalue weighted by molar-refractivity contribution is 0.0929. The molecule has 0 radical (unpaired) electrons. The third-order valence-electron chi connectivity index (χ3n) is 5.55. The molecule has 2 aromatic heterocycles. The number of aromatic nitrogens is 2. The maximum atomic E-state index is 13.0. The normalized spacial score (nSPS) is 15.6. The monoisotopic (exact) mass is 417 g/mol. The van der Waals surface area contributed by atoms with Crippen molar-refractivity contribution in [3.8, 4) is 5.75 Å². The first-order chi connectivity index (χ1) is 14.6. The molecular formula is C24H23N3O2S. The Morgan fingerprint density at radius 3 is 2.83 bits per heavy atom. The van der Waals surface area contributed by atoms with Crippen LogP contribution in [0, 0.1) is 13.8 Å². The number of rotatable bonds is 4.